The first-order valence-corrected chi connectivity index (χ1v) is 12.4. The number of carbonyl (C=O) groups excluding carboxylic acids is 2. The van der Waals surface area contributed by atoms with E-state index < -0.39 is 12.2 Å². The van der Waals surface area contributed by atoms with Gasteiger partial charge < -0.3 is 14.5 Å². The molecule has 1 unspecified atom stereocenters. The molecular formula is C26H35N5O3. The van der Waals surface area contributed by atoms with Crippen LogP contribution in [0.5, 0.6) is 0 Å². The van der Waals surface area contributed by atoms with Gasteiger partial charge in [0.05, 0.1) is 13.0 Å². The van der Waals surface area contributed by atoms with Crippen LogP contribution < -0.4 is 10.2 Å². The predicted molar refractivity (Wildman–Crippen MR) is 132 cm³/mol. The number of aromatic nitrogens is 2. The monoisotopic (exact) mass is 465 g/mol. The lowest BCUT2D eigenvalue weighted by atomic mass is 10.1. The van der Waals surface area contributed by atoms with Crippen LogP contribution in [0, 0.1) is 13.8 Å². The zero-order chi connectivity index (χ0) is 24.1. The molecule has 1 atom stereocenters. The van der Waals surface area contributed by atoms with Gasteiger partial charge in [-0.2, -0.15) is 0 Å². The number of benzene rings is 1. The highest BCUT2D eigenvalue weighted by atomic mass is 16.6. The van der Waals surface area contributed by atoms with E-state index in [1.807, 2.05) is 60.9 Å². The van der Waals surface area contributed by atoms with E-state index in [9.17, 15) is 9.59 Å². The summed E-state index contributed by atoms with van der Waals surface area (Å²) in [6, 6.07) is 9.75. The molecule has 2 aliphatic rings. The van der Waals surface area contributed by atoms with Crippen molar-refractivity contribution >= 4 is 29.3 Å². The Hall–Kier alpha value is -3.16. The zero-order valence-corrected chi connectivity index (χ0v) is 20.4. The van der Waals surface area contributed by atoms with E-state index in [4.69, 9.17) is 4.74 Å². The van der Waals surface area contributed by atoms with Crippen LogP contribution in [-0.2, 0) is 9.53 Å². The number of hydrogen-bond donors (Lipinski definition) is 1. The third kappa shape index (κ3) is 5.85. The Labute approximate surface area is 201 Å². The molecule has 2 aromatic rings. The summed E-state index contributed by atoms with van der Waals surface area (Å²) in [5.74, 6) is 0.756. The highest BCUT2D eigenvalue weighted by molar-refractivity contribution is 5.86. The second-order valence-electron chi connectivity index (χ2n) is 9.29. The van der Waals surface area contributed by atoms with Crippen LogP contribution in [0.3, 0.4) is 0 Å². The number of amides is 2. The summed E-state index contributed by atoms with van der Waals surface area (Å²) in [6.45, 7) is 7.17. The molecule has 2 amide bonds. The number of anilines is 3. The molecule has 1 aromatic carbocycles. The van der Waals surface area contributed by atoms with Gasteiger partial charge >= 0.3 is 6.09 Å². The number of rotatable bonds is 6. The van der Waals surface area contributed by atoms with Crippen molar-refractivity contribution in [3.8, 4) is 0 Å². The average molecular weight is 466 g/mol. The maximum atomic E-state index is 12.5. The SMILES string of the molecule is CCN(c1ccc(NC(=O)OC2CC(=O)N(C3CCCCCC3)C2)cc1)c1nc(C)cc(C)n1. The molecule has 182 valence electrons. The van der Waals surface area contributed by atoms with Crippen LogP contribution in [0.2, 0.25) is 0 Å². The van der Waals surface area contributed by atoms with Gasteiger partial charge in [0.15, 0.2) is 0 Å². The lowest BCUT2D eigenvalue weighted by molar-refractivity contribution is -0.129. The largest absolute Gasteiger partial charge is 0.444 e. The summed E-state index contributed by atoms with van der Waals surface area (Å²) in [4.78, 5) is 38.1. The van der Waals surface area contributed by atoms with Crippen molar-refractivity contribution < 1.29 is 14.3 Å². The van der Waals surface area contributed by atoms with Gasteiger partial charge in [-0.3, -0.25) is 10.1 Å². The van der Waals surface area contributed by atoms with Gasteiger partial charge in [0.25, 0.3) is 0 Å². The maximum absolute atomic E-state index is 12.5. The molecule has 4 rings (SSSR count). The van der Waals surface area contributed by atoms with Gasteiger partial charge in [-0.25, -0.2) is 14.8 Å². The van der Waals surface area contributed by atoms with Gasteiger partial charge in [-0.15, -0.1) is 0 Å². The lowest BCUT2D eigenvalue weighted by Crippen LogP contribution is -2.37. The highest BCUT2D eigenvalue weighted by Gasteiger charge is 2.36. The van der Waals surface area contributed by atoms with Gasteiger partial charge in [0, 0.05) is 35.3 Å². The van der Waals surface area contributed by atoms with Crippen molar-refractivity contribution in [3.05, 3.63) is 41.7 Å². The molecule has 34 heavy (non-hydrogen) atoms. The van der Waals surface area contributed by atoms with E-state index in [1.165, 1.54) is 25.7 Å². The van der Waals surface area contributed by atoms with Crippen LogP contribution in [0.1, 0.15) is 63.3 Å². The van der Waals surface area contributed by atoms with E-state index in [0.717, 1.165) is 29.9 Å². The Morgan fingerprint density at radius 2 is 1.74 bits per heavy atom. The van der Waals surface area contributed by atoms with E-state index in [0.29, 0.717) is 30.8 Å². The average Bonchev–Trinajstić information content (AvgIpc) is 2.98. The summed E-state index contributed by atoms with van der Waals surface area (Å²) >= 11 is 0. The zero-order valence-electron chi connectivity index (χ0n) is 20.4. The van der Waals surface area contributed by atoms with Crippen molar-refractivity contribution in [1.82, 2.24) is 14.9 Å². The van der Waals surface area contributed by atoms with E-state index in [1.54, 1.807) is 0 Å². The van der Waals surface area contributed by atoms with Gasteiger partial charge in [-0.05, 0) is 63.9 Å². The molecular weight excluding hydrogens is 430 g/mol. The Morgan fingerprint density at radius 3 is 2.35 bits per heavy atom. The van der Waals surface area contributed by atoms with E-state index >= 15 is 0 Å². The van der Waals surface area contributed by atoms with Gasteiger partial charge in [0.2, 0.25) is 11.9 Å². The summed E-state index contributed by atoms with van der Waals surface area (Å²) in [7, 11) is 0. The second kappa shape index (κ2) is 10.8. The molecule has 8 heteroatoms. The summed E-state index contributed by atoms with van der Waals surface area (Å²) in [6.07, 6.45) is 6.27. The number of nitrogens with zero attached hydrogens (tertiary/aromatic N) is 4. The number of carbonyl (C=O) groups is 2. The Kier molecular flexibility index (Phi) is 7.65. The van der Waals surface area contributed by atoms with E-state index in [2.05, 4.69) is 15.3 Å². The molecule has 2 fully saturated rings. The van der Waals surface area contributed by atoms with Crippen molar-refractivity contribution in [3.63, 3.8) is 0 Å². The third-order valence-corrected chi connectivity index (χ3v) is 6.62. The molecule has 0 radical (unpaired) electrons. The van der Waals surface area contributed by atoms with E-state index in [-0.39, 0.29) is 12.3 Å². The van der Waals surface area contributed by atoms with Crippen LogP contribution in [-0.4, -0.2) is 52.1 Å². The maximum Gasteiger partial charge on any atom is 0.411 e. The number of nitrogens with one attached hydrogen (secondary N) is 1. The first-order chi connectivity index (χ1) is 16.4. The van der Waals surface area contributed by atoms with Crippen LogP contribution >= 0.6 is 0 Å². The smallest absolute Gasteiger partial charge is 0.411 e. The molecule has 1 aliphatic carbocycles. The molecule has 0 spiro atoms. The molecule has 2 heterocycles. The Morgan fingerprint density at radius 1 is 1.09 bits per heavy atom. The first-order valence-electron chi connectivity index (χ1n) is 12.4. The summed E-state index contributed by atoms with van der Waals surface area (Å²) in [5, 5.41) is 2.79. The van der Waals surface area contributed by atoms with Crippen molar-refractivity contribution in [1.29, 1.82) is 0 Å². The van der Waals surface area contributed by atoms with Gasteiger partial charge in [0.1, 0.15) is 6.10 Å². The van der Waals surface area contributed by atoms with Crippen LogP contribution in [0.25, 0.3) is 0 Å². The summed E-state index contributed by atoms with van der Waals surface area (Å²) < 4.78 is 5.59. The molecule has 1 N–H and O–H groups in total. The predicted octanol–water partition coefficient (Wildman–Crippen LogP) is 5.12. The Bertz CT molecular complexity index is 982. The second-order valence-corrected chi connectivity index (χ2v) is 9.29. The molecule has 1 saturated heterocycles. The normalized spacial score (nSPS) is 19.1. The quantitative estimate of drug-likeness (QED) is 0.596. The Balaban J connectivity index is 1.33. The van der Waals surface area contributed by atoms with Crippen LogP contribution in [0.4, 0.5) is 22.1 Å². The molecule has 0 bridgehead atoms. The van der Waals surface area contributed by atoms with Crippen LogP contribution in [0.15, 0.2) is 30.3 Å². The lowest BCUT2D eigenvalue weighted by Gasteiger charge is -2.26. The topological polar surface area (TPSA) is 87.7 Å². The molecule has 8 nitrogen and oxygen atoms in total. The number of likely N-dealkylation sites (tertiary alicyclic amines) is 1. The van der Waals surface area contributed by atoms with Gasteiger partial charge in [-0.1, -0.05) is 25.7 Å². The van der Waals surface area contributed by atoms with Crippen molar-refractivity contribution in [2.75, 3.05) is 23.3 Å². The standard InChI is InChI=1S/C26H35N5O3/c1-4-30(25-27-18(2)15-19(3)28-25)22-13-11-20(12-14-22)29-26(33)34-23-16-24(32)31(17-23)21-9-7-5-6-8-10-21/h11-15,21,23H,4-10,16-17H2,1-3H3,(H,29,33). The fourth-order valence-electron chi connectivity index (χ4n) is 4.99. The number of aryl methyl sites for hydroxylation is 2. The summed E-state index contributed by atoms with van der Waals surface area (Å²) in [5.41, 5.74) is 3.41. The fraction of sp³-hybridized carbons (Fsp3) is 0.538. The minimum absolute atomic E-state index is 0.0994. The first kappa shape index (κ1) is 24.0. The fourth-order valence-corrected chi connectivity index (χ4v) is 4.99. The van der Waals surface area contributed by atoms with Crippen molar-refractivity contribution in [2.45, 2.75) is 77.9 Å². The highest BCUT2D eigenvalue weighted by Crippen LogP contribution is 2.27. The molecule has 1 saturated carbocycles. The minimum Gasteiger partial charge on any atom is -0.444 e. The molecule has 1 aliphatic heterocycles. The number of ether oxygens (including phenoxy) is 1. The van der Waals surface area contributed by atoms with Crippen molar-refractivity contribution in [2.24, 2.45) is 0 Å². The third-order valence-electron chi connectivity index (χ3n) is 6.62. The minimum atomic E-state index is -0.529. The number of hydrogen-bond acceptors (Lipinski definition) is 6. The molecule has 1 aromatic heterocycles.